The van der Waals surface area contributed by atoms with Gasteiger partial charge >= 0.3 is 0 Å². The van der Waals surface area contributed by atoms with Crippen molar-refractivity contribution >= 4 is 50.5 Å². The standard InChI is InChI=1S/C25H19BrClN3O2S/c1-31-21-10-9-17(14-18(21)27)30-24(23(29-25(30)33)19-4-2-3-13-28-19)22-12-11-20(32-22)15-5-7-16(26)8-6-15/h2-14,23-24H,1H3,(H,29,33)/t23-,24-/m0/s1. The lowest BCUT2D eigenvalue weighted by atomic mass is 10.0. The summed E-state index contributed by atoms with van der Waals surface area (Å²) in [4.78, 5) is 6.59. The molecule has 1 fully saturated rings. The van der Waals surface area contributed by atoms with Crippen LogP contribution in [0.4, 0.5) is 5.69 Å². The van der Waals surface area contributed by atoms with Crippen molar-refractivity contribution in [1.29, 1.82) is 0 Å². The average molecular weight is 541 g/mol. The Morgan fingerprint density at radius 3 is 2.61 bits per heavy atom. The third-order valence-corrected chi connectivity index (χ3v) is 6.70. The predicted octanol–water partition coefficient (Wildman–Crippen LogP) is 6.94. The van der Waals surface area contributed by atoms with Crippen LogP contribution in [0.25, 0.3) is 11.3 Å². The van der Waals surface area contributed by atoms with E-state index in [1.165, 1.54) is 0 Å². The maximum absolute atomic E-state index is 6.44. The molecule has 33 heavy (non-hydrogen) atoms. The van der Waals surface area contributed by atoms with Crippen LogP contribution in [-0.4, -0.2) is 17.2 Å². The zero-order chi connectivity index (χ0) is 22.9. The maximum Gasteiger partial charge on any atom is 0.174 e. The molecule has 2 atom stereocenters. The topological polar surface area (TPSA) is 50.5 Å². The molecule has 0 bridgehead atoms. The van der Waals surface area contributed by atoms with E-state index in [2.05, 4.69) is 26.2 Å². The van der Waals surface area contributed by atoms with Crippen molar-refractivity contribution in [3.63, 3.8) is 0 Å². The zero-order valence-corrected chi connectivity index (χ0v) is 20.7. The van der Waals surface area contributed by atoms with Crippen molar-refractivity contribution in [3.8, 4) is 17.1 Å². The fourth-order valence-corrected chi connectivity index (χ4v) is 4.87. The summed E-state index contributed by atoms with van der Waals surface area (Å²) in [5.74, 6) is 2.15. The van der Waals surface area contributed by atoms with Crippen LogP contribution in [0.1, 0.15) is 23.5 Å². The zero-order valence-electron chi connectivity index (χ0n) is 17.5. The summed E-state index contributed by atoms with van der Waals surface area (Å²) in [5.41, 5.74) is 2.70. The minimum Gasteiger partial charge on any atom is -0.495 e. The SMILES string of the molecule is COc1ccc(N2C(=S)N[C@@H](c3ccccn3)[C@@H]2c2ccc(-c3ccc(Br)cc3)o2)cc1Cl. The number of benzene rings is 2. The summed E-state index contributed by atoms with van der Waals surface area (Å²) in [6.07, 6.45) is 1.78. The molecule has 2 aromatic heterocycles. The molecule has 0 spiro atoms. The van der Waals surface area contributed by atoms with Crippen LogP contribution in [0.2, 0.25) is 5.02 Å². The fourth-order valence-electron chi connectivity index (χ4n) is 4.01. The minimum atomic E-state index is -0.263. The Morgan fingerprint density at radius 1 is 1.09 bits per heavy atom. The molecule has 166 valence electrons. The lowest BCUT2D eigenvalue weighted by Crippen LogP contribution is -2.29. The van der Waals surface area contributed by atoms with Gasteiger partial charge in [-0.15, -0.1) is 0 Å². The van der Waals surface area contributed by atoms with Crippen LogP contribution in [0.3, 0.4) is 0 Å². The third kappa shape index (κ3) is 4.24. The van der Waals surface area contributed by atoms with Gasteiger partial charge in [0, 0.05) is 21.9 Å². The molecule has 5 rings (SSSR count). The summed E-state index contributed by atoms with van der Waals surface area (Å²) in [7, 11) is 1.59. The third-order valence-electron chi connectivity index (χ3n) is 5.56. The van der Waals surface area contributed by atoms with E-state index >= 15 is 0 Å². The van der Waals surface area contributed by atoms with E-state index in [0.717, 1.165) is 32.9 Å². The summed E-state index contributed by atoms with van der Waals surface area (Å²) in [6, 6.07) is 23.0. The van der Waals surface area contributed by atoms with Crippen LogP contribution < -0.4 is 15.0 Å². The first kappa shape index (κ1) is 21.9. The Bertz CT molecular complexity index is 1300. The number of thiocarbonyl (C=S) groups is 1. The maximum atomic E-state index is 6.44. The van der Waals surface area contributed by atoms with Gasteiger partial charge in [0.1, 0.15) is 23.3 Å². The first-order valence-electron chi connectivity index (χ1n) is 10.2. The Balaban J connectivity index is 1.59. The summed E-state index contributed by atoms with van der Waals surface area (Å²) in [5, 5.41) is 4.50. The van der Waals surface area contributed by atoms with E-state index in [4.69, 9.17) is 33.0 Å². The highest BCUT2D eigenvalue weighted by molar-refractivity contribution is 9.10. The summed E-state index contributed by atoms with van der Waals surface area (Å²) >= 11 is 15.7. The highest BCUT2D eigenvalue weighted by Crippen LogP contribution is 2.44. The van der Waals surface area contributed by atoms with E-state index in [1.54, 1.807) is 13.3 Å². The largest absolute Gasteiger partial charge is 0.495 e. The van der Waals surface area contributed by atoms with Gasteiger partial charge < -0.3 is 19.4 Å². The summed E-state index contributed by atoms with van der Waals surface area (Å²) in [6.45, 7) is 0. The molecule has 4 aromatic rings. The van der Waals surface area contributed by atoms with Gasteiger partial charge in [0.2, 0.25) is 0 Å². The van der Waals surface area contributed by atoms with Crippen molar-refractivity contribution in [3.05, 3.63) is 99.9 Å². The number of halogens is 2. The lowest BCUT2D eigenvalue weighted by molar-refractivity contribution is 0.415. The number of hydrogen-bond donors (Lipinski definition) is 1. The van der Waals surface area contributed by atoms with E-state index in [0.29, 0.717) is 15.9 Å². The first-order valence-corrected chi connectivity index (χ1v) is 11.8. The van der Waals surface area contributed by atoms with E-state index < -0.39 is 0 Å². The second-order valence-electron chi connectivity index (χ2n) is 7.52. The first-order chi connectivity index (χ1) is 16.0. The molecule has 5 nitrogen and oxygen atoms in total. The number of aromatic nitrogens is 1. The number of furan rings is 1. The molecule has 0 amide bonds. The number of hydrogen-bond acceptors (Lipinski definition) is 4. The second-order valence-corrected chi connectivity index (χ2v) is 9.23. The van der Waals surface area contributed by atoms with Crippen LogP contribution >= 0.6 is 39.7 Å². The molecular formula is C25H19BrClN3O2S. The van der Waals surface area contributed by atoms with Gasteiger partial charge in [0.25, 0.3) is 0 Å². The predicted molar refractivity (Wildman–Crippen MR) is 138 cm³/mol. The minimum absolute atomic E-state index is 0.205. The molecule has 1 saturated heterocycles. The van der Waals surface area contributed by atoms with Gasteiger partial charge in [0.05, 0.1) is 23.9 Å². The molecular weight excluding hydrogens is 522 g/mol. The molecule has 8 heteroatoms. The number of ether oxygens (including phenoxy) is 1. The molecule has 1 aliphatic heterocycles. The lowest BCUT2D eigenvalue weighted by Gasteiger charge is -2.26. The van der Waals surface area contributed by atoms with Gasteiger partial charge in [-0.1, -0.05) is 45.7 Å². The van der Waals surface area contributed by atoms with Crippen molar-refractivity contribution in [2.24, 2.45) is 0 Å². The normalized spacial score (nSPS) is 17.8. The number of nitrogens with one attached hydrogen (secondary N) is 1. The van der Waals surface area contributed by atoms with Crippen LogP contribution in [-0.2, 0) is 0 Å². The van der Waals surface area contributed by atoms with Gasteiger partial charge in [-0.3, -0.25) is 4.98 Å². The Kier molecular flexibility index (Phi) is 6.10. The van der Waals surface area contributed by atoms with Crippen LogP contribution in [0.5, 0.6) is 5.75 Å². The highest BCUT2D eigenvalue weighted by atomic mass is 79.9. The van der Waals surface area contributed by atoms with Gasteiger partial charge in [-0.2, -0.15) is 0 Å². The van der Waals surface area contributed by atoms with Crippen LogP contribution in [0, 0.1) is 0 Å². The second kappa shape index (κ2) is 9.17. The monoisotopic (exact) mass is 539 g/mol. The average Bonchev–Trinajstić information content (AvgIpc) is 3.44. The Labute approximate surface area is 210 Å². The number of methoxy groups -OCH3 is 1. The molecule has 0 saturated carbocycles. The van der Waals surface area contributed by atoms with Gasteiger partial charge in [0.15, 0.2) is 5.11 Å². The Hall–Kier alpha value is -2.87. The smallest absolute Gasteiger partial charge is 0.174 e. The highest BCUT2D eigenvalue weighted by Gasteiger charge is 2.42. The number of nitrogens with zero attached hydrogens (tertiary/aromatic N) is 2. The molecule has 0 aliphatic carbocycles. The van der Waals surface area contributed by atoms with E-state index in [-0.39, 0.29) is 12.1 Å². The van der Waals surface area contributed by atoms with Gasteiger partial charge in [-0.05, 0) is 66.8 Å². The van der Waals surface area contributed by atoms with Crippen LogP contribution in [0.15, 0.2) is 87.9 Å². The number of rotatable bonds is 5. The number of anilines is 1. The quantitative estimate of drug-likeness (QED) is 0.277. The Morgan fingerprint density at radius 2 is 1.91 bits per heavy atom. The molecule has 3 heterocycles. The van der Waals surface area contributed by atoms with E-state index in [1.807, 2.05) is 77.7 Å². The molecule has 1 N–H and O–H groups in total. The van der Waals surface area contributed by atoms with E-state index in [9.17, 15) is 0 Å². The van der Waals surface area contributed by atoms with Crippen molar-refractivity contribution in [1.82, 2.24) is 10.3 Å². The fraction of sp³-hybridized carbons (Fsp3) is 0.120. The molecule has 2 aromatic carbocycles. The van der Waals surface area contributed by atoms with Crippen molar-refractivity contribution in [2.75, 3.05) is 12.0 Å². The summed E-state index contributed by atoms with van der Waals surface area (Å²) < 4.78 is 12.7. The van der Waals surface area contributed by atoms with Crippen molar-refractivity contribution in [2.45, 2.75) is 12.1 Å². The van der Waals surface area contributed by atoms with Crippen molar-refractivity contribution < 1.29 is 9.15 Å². The molecule has 1 aliphatic rings. The number of pyridine rings is 1. The molecule has 0 radical (unpaired) electrons. The molecule has 0 unspecified atom stereocenters. The van der Waals surface area contributed by atoms with Gasteiger partial charge in [-0.25, -0.2) is 0 Å².